The molecular weight excluding hydrogens is 320 g/mol. The topological polar surface area (TPSA) is 126 Å². The summed E-state index contributed by atoms with van der Waals surface area (Å²) in [6.45, 7) is -0.316. The second-order valence-corrected chi connectivity index (χ2v) is 5.31. The number of carbonyl (C=O) groups is 1. The first-order chi connectivity index (χ1) is 11.4. The number of rotatable bonds is 5. The van der Waals surface area contributed by atoms with Crippen molar-refractivity contribution in [2.24, 2.45) is 0 Å². The molecule has 0 spiro atoms. The molecular formula is C16H20O8. The van der Waals surface area contributed by atoms with E-state index in [2.05, 4.69) is 0 Å². The van der Waals surface area contributed by atoms with Crippen molar-refractivity contribution in [1.82, 2.24) is 0 Å². The Labute approximate surface area is 138 Å². The van der Waals surface area contributed by atoms with Gasteiger partial charge in [0.1, 0.15) is 36.8 Å². The molecule has 0 amide bonds. The number of aromatic hydroxyl groups is 1. The van der Waals surface area contributed by atoms with E-state index in [4.69, 9.17) is 19.3 Å². The molecule has 1 aliphatic rings. The van der Waals surface area contributed by atoms with Crippen LogP contribution in [0.4, 0.5) is 0 Å². The zero-order chi connectivity index (χ0) is 17.7. The van der Waals surface area contributed by atoms with Crippen molar-refractivity contribution >= 4 is 12.0 Å². The zero-order valence-corrected chi connectivity index (χ0v) is 13.0. The number of phenols is 1. The van der Waals surface area contributed by atoms with Gasteiger partial charge in [-0.15, -0.1) is 0 Å². The van der Waals surface area contributed by atoms with Crippen LogP contribution in [0, 0.1) is 0 Å². The van der Waals surface area contributed by atoms with Crippen molar-refractivity contribution in [2.45, 2.75) is 30.7 Å². The average Bonchev–Trinajstić information content (AvgIpc) is 2.58. The van der Waals surface area contributed by atoms with Crippen molar-refractivity contribution in [3.8, 4) is 5.75 Å². The molecule has 0 unspecified atom stereocenters. The molecule has 0 radical (unpaired) electrons. The molecule has 8 nitrogen and oxygen atoms in total. The first kappa shape index (κ1) is 18.4. The van der Waals surface area contributed by atoms with E-state index in [0.717, 1.165) is 0 Å². The molecule has 1 fully saturated rings. The second kappa shape index (κ2) is 8.22. The van der Waals surface area contributed by atoms with Crippen LogP contribution in [-0.4, -0.2) is 70.8 Å². The van der Waals surface area contributed by atoms with Crippen LogP contribution in [0.3, 0.4) is 0 Å². The van der Waals surface area contributed by atoms with Gasteiger partial charge in [-0.05, 0) is 23.8 Å². The van der Waals surface area contributed by atoms with Gasteiger partial charge >= 0.3 is 5.97 Å². The Morgan fingerprint density at radius 3 is 2.46 bits per heavy atom. The molecule has 1 aromatic rings. The highest BCUT2D eigenvalue weighted by Crippen LogP contribution is 2.22. The Bertz CT molecular complexity index is 568. The number of aliphatic hydroxyl groups excluding tert-OH is 3. The molecule has 24 heavy (non-hydrogen) atoms. The molecule has 4 N–H and O–H groups in total. The van der Waals surface area contributed by atoms with Gasteiger partial charge in [-0.25, -0.2) is 4.79 Å². The lowest BCUT2D eigenvalue weighted by atomic mass is 9.99. The Kier molecular flexibility index (Phi) is 6.29. The summed E-state index contributed by atoms with van der Waals surface area (Å²) in [5, 5.41) is 38.4. The quantitative estimate of drug-likeness (QED) is 0.414. The third-order valence-electron chi connectivity index (χ3n) is 3.60. The minimum atomic E-state index is -1.47. The van der Waals surface area contributed by atoms with Gasteiger partial charge in [-0.1, -0.05) is 12.1 Å². The first-order valence-electron chi connectivity index (χ1n) is 7.28. The van der Waals surface area contributed by atoms with Crippen LogP contribution in [0.5, 0.6) is 5.75 Å². The molecule has 0 saturated carbocycles. The molecule has 2 rings (SSSR count). The maximum absolute atomic E-state index is 11.7. The minimum absolute atomic E-state index is 0.117. The fourth-order valence-electron chi connectivity index (χ4n) is 2.21. The Morgan fingerprint density at radius 2 is 1.83 bits per heavy atom. The lowest BCUT2D eigenvalue weighted by Crippen LogP contribution is -2.59. The van der Waals surface area contributed by atoms with Crippen LogP contribution in [0.15, 0.2) is 30.3 Å². The van der Waals surface area contributed by atoms with Crippen LogP contribution < -0.4 is 0 Å². The summed E-state index contributed by atoms with van der Waals surface area (Å²) in [5.41, 5.74) is 0.691. The van der Waals surface area contributed by atoms with Gasteiger partial charge in [0, 0.05) is 13.2 Å². The van der Waals surface area contributed by atoms with Gasteiger partial charge in [0.25, 0.3) is 0 Å². The molecule has 0 aliphatic carbocycles. The number of esters is 1. The lowest BCUT2D eigenvalue weighted by Gasteiger charge is -2.39. The van der Waals surface area contributed by atoms with E-state index in [1.807, 2.05) is 0 Å². The van der Waals surface area contributed by atoms with Crippen LogP contribution in [0.2, 0.25) is 0 Å². The summed E-state index contributed by atoms with van der Waals surface area (Å²) in [6, 6.07) is 6.20. The largest absolute Gasteiger partial charge is 0.508 e. The van der Waals surface area contributed by atoms with E-state index in [1.165, 1.54) is 31.4 Å². The Morgan fingerprint density at radius 1 is 1.17 bits per heavy atom. The average molecular weight is 340 g/mol. The highest BCUT2D eigenvalue weighted by atomic mass is 16.7. The summed E-state index contributed by atoms with van der Waals surface area (Å²) in [7, 11) is 1.28. The number of ether oxygens (including phenoxy) is 3. The monoisotopic (exact) mass is 340 g/mol. The number of phenolic OH excluding ortho intramolecular Hbond substituents is 1. The standard InChI is InChI=1S/C16H20O8/c1-22-16-15(21)14(20)13(19)11(24-16)8-23-12(18)7-4-9-2-5-10(17)6-3-9/h2-7,11,13-17,19-21H,8H2,1H3/b7-4-/t11-,13-,14+,15-,16-/m1/s1. The normalized spacial score (nSPS) is 30.4. The molecule has 0 aromatic heterocycles. The number of hydrogen-bond acceptors (Lipinski definition) is 8. The SMILES string of the molecule is CO[C@@H]1O[C@H](COC(=O)/C=C\c2ccc(O)cc2)[C@@H](O)[C@H](O)[C@H]1O. The predicted octanol–water partition coefficient (Wildman–Crippen LogP) is -0.597. The predicted molar refractivity (Wildman–Crippen MR) is 81.8 cm³/mol. The molecule has 132 valence electrons. The fourth-order valence-corrected chi connectivity index (χ4v) is 2.21. The maximum Gasteiger partial charge on any atom is 0.330 e. The number of carbonyl (C=O) groups excluding carboxylic acids is 1. The van der Waals surface area contributed by atoms with E-state index >= 15 is 0 Å². The van der Waals surface area contributed by atoms with E-state index < -0.39 is 36.7 Å². The van der Waals surface area contributed by atoms with Crippen molar-refractivity contribution < 1.29 is 39.4 Å². The smallest absolute Gasteiger partial charge is 0.330 e. The molecule has 1 aromatic carbocycles. The van der Waals surface area contributed by atoms with Gasteiger partial charge in [0.05, 0.1) is 0 Å². The Hall–Kier alpha value is -1.97. The summed E-state index contributed by atoms with van der Waals surface area (Å²) in [4.78, 5) is 11.7. The van der Waals surface area contributed by atoms with Crippen molar-refractivity contribution in [2.75, 3.05) is 13.7 Å². The fraction of sp³-hybridized carbons (Fsp3) is 0.438. The molecule has 0 bridgehead atoms. The molecule has 5 atom stereocenters. The maximum atomic E-state index is 11.7. The zero-order valence-electron chi connectivity index (χ0n) is 13.0. The van der Waals surface area contributed by atoms with Crippen molar-refractivity contribution in [1.29, 1.82) is 0 Å². The lowest BCUT2D eigenvalue weighted by molar-refractivity contribution is -0.294. The van der Waals surface area contributed by atoms with Gasteiger partial charge < -0.3 is 34.6 Å². The number of methoxy groups -OCH3 is 1. The summed E-state index contributed by atoms with van der Waals surface area (Å²) < 4.78 is 15.1. The van der Waals surface area contributed by atoms with Gasteiger partial charge in [-0.2, -0.15) is 0 Å². The molecule has 1 saturated heterocycles. The summed E-state index contributed by atoms with van der Waals surface area (Å²) >= 11 is 0. The second-order valence-electron chi connectivity index (χ2n) is 5.31. The minimum Gasteiger partial charge on any atom is -0.508 e. The number of hydrogen-bond donors (Lipinski definition) is 4. The van der Waals surface area contributed by atoms with E-state index in [1.54, 1.807) is 12.1 Å². The van der Waals surface area contributed by atoms with Crippen LogP contribution >= 0.6 is 0 Å². The van der Waals surface area contributed by atoms with E-state index in [0.29, 0.717) is 5.56 Å². The first-order valence-corrected chi connectivity index (χ1v) is 7.28. The molecule has 8 heteroatoms. The number of benzene rings is 1. The summed E-state index contributed by atoms with van der Waals surface area (Å²) in [5.74, 6) is -0.556. The van der Waals surface area contributed by atoms with Crippen LogP contribution in [0.1, 0.15) is 5.56 Å². The van der Waals surface area contributed by atoms with Crippen molar-refractivity contribution in [3.63, 3.8) is 0 Å². The third kappa shape index (κ3) is 4.53. The van der Waals surface area contributed by atoms with Gasteiger partial charge in [0.15, 0.2) is 6.29 Å². The van der Waals surface area contributed by atoms with Crippen molar-refractivity contribution in [3.05, 3.63) is 35.9 Å². The van der Waals surface area contributed by atoms with E-state index in [9.17, 15) is 20.1 Å². The van der Waals surface area contributed by atoms with Crippen LogP contribution in [0.25, 0.3) is 6.08 Å². The highest BCUT2D eigenvalue weighted by molar-refractivity contribution is 5.87. The molecule has 1 aliphatic heterocycles. The van der Waals surface area contributed by atoms with E-state index in [-0.39, 0.29) is 12.4 Å². The number of aliphatic hydroxyl groups is 3. The summed E-state index contributed by atoms with van der Waals surface area (Å²) in [6.07, 6.45) is -3.76. The molecule has 1 heterocycles. The van der Waals surface area contributed by atoms with Crippen LogP contribution in [-0.2, 0) is 19.0 Å². The van der Waals surface area contributed by atoms with Gasteiger partial charge in [0.2, 0.25) is 0 Å². The highest BCUT2D eigenvalue weighted by Gasteiger charge is 2.44. The third-order valence-corrected chi connectivity index (χ3v) is 3.60. The Balaban J connectivity index is 1.87. The van der Waals surface area contributed by atoms with Gasteiger partial charge in [-0.3, -0.25) is 0 Å².